The van der Waals surface area contributed by atoms with Gasteiger partial charge in [0.05, 0.1) is 36.7 Å². The number of rotatable bonds is 17. The summed E-state index contributed by atoms with van der Waals surface area (Å²) >= 11 is 0. The number of hydrogen-bond donors (Lipinski definition) is 4. The zero-order valence-corrected chi connectivity index (χ0v) is 33.6. The molecule has 2 aromatic carbocycles. The molecule has 0 bridgehead atoms. The summed E-state index contributed by atoms with van der Waals surface area (Å²) in [6.45, 7) is 3.75. The molecule has 316 valence electrons. The van der Waals surface area contributed by atoms with Crippen molar-refractivity contribution in [3.8, 4) is 11.3 Å². The summed E-state index contributed by atoms with van der Waals surface area (Å²) in [7, 11) is 0. The lowest BCUT2D eigenvalue weighted by Gasteiger charge is -2.36. The number of unbranched alkanes of at least 4 members (excludes halogenated alkanes) is 4. The van der Waals surface area contributed by atoms with Gasteiger partial charge in [-0.15, -0.1) is 10.2 Å². The van der Waals surface area contributed by atoms with E-state index >= 15 is 0 Å². The van der Waals surface area contributed by atoms with Gasteiger partial charge in [0.1, 0.15) is 29.6 Å². The topological polar surface area (TPSA) is 216 Å². The predicted molar refractivity (Wildman–Crippen MR) is 223 cm³/mol. The number of carbonyl (C=O) groups excluding carboxylic acids is 6. The van der Waals surface area contributed by atoms with Gasteiger partial charge in [-0.1, -0.05) is 37.5 Å². The second-order valence-corrected chi connectivity index (χ2v) is 15.3. The zero-order chi connectivity index (χ0) is 42.3. The summed E-state index contributed by atoms with van der Waals surface area (Å²) in [4.78, 5) is 85.7. The van der Waals surface area contributed by atoms with Crippen molar-refractivity contribution in [2.75, 3.05) is 54.8 Å². The molecular formula is C43H47N11O7. The highest BCUT2D eigenvalue weighted by molar-refractivity contribution is 6.25. The molecule has 3 aromatic heterocycles. The van der Waals surface area contributed by atoms with E-state index in [1.807, 2.05) is 33.6 Å². The quantitative estimate of drug-likeness (QED) is 0.0780. The first-order chi connectivity index (χ1) is 29.7. The molecule has 18 nitrogen and oxygen atoms in total. The van der Waals surface area contributed by atoms with E-state index in [-0.39, 0.29) is 42.3 Å². The number of imide groups is 2. The number of aromatic nitrogens is 4. The normalized spacial score (nSPS) is 16.5. The number of hydrogen-bond acceptors (Lipinski definition) is 13. The summed E-state index contributed by atoms with van der Waals surface area (Å²) in [6.07, 6.45) is 10.1. The SMILES string of the molecule is O=C(CNc1cccc2c1C(=O)N(C1CCC(=O)NC1=O)C2=O)NCCCCCCCC(=O)N1CCN(c2ccc(-c3ncc(NCc4ccco4)n4cnnc34)cc2)CC1. The number of piperazine rings is 1. The van der Waals surface area contributed by atoms with Crippen molar-refractivity contribution in [3.63, 3.8) is 0 Å². The van der Waals surface area contributed by atoms with Crippen LogP contribution >= 0.6 is 0 Å². The Balaban J connectivity index is 0.698. The van der Waals surface area contributed by atoms with Crippen LogP contribution in [0.4, 0.5) is 17.2 Å². The number of nitrogens with zero attached hydrogens (tertiary/aromatic N) is 7. The maximum absolute atomic E-state index is 13.3. The molecule has 0 radical (unpaired) electrons. The lowest BCUT2D eigenvalue weighted by atomic mass is 10.0. The van der Waals surface area contributed by atoms with E-state index in [4.69, 9.17) is 9.40 Å². The van der Waals surface area contributed by atoms with E-state index in [2.05, 4.69) is 48.5 Å². The predicted octanol–water partition coefficient (Wildman–Crippen LogP) is 3.62. The van der Waals surface area contributed by atoms with Gasteiger partial charge in [0.2, 0.25) is 23.6 Å². The Labute approximate surface area is 351 Å². The molecule has 2 fully saturated rings. The maximum Gasteiger partial charge on any atom is 0.264 e. The minimum absolute atomic E-state index is 0.0334. The van der Waals surface area contributed by atoms with E-state index in [1.165, 1.54) is 6.07 Å². The summed E-state index contributed by atoms with van der Waals surface area (Å²) in [5, 5.41) is 19.8. The zero-order valence-electron chi connectivity index (χ0n) is 33.6. The van der Waals surface area contributed by atoms with Gasteiger partial charge in [0.25, 0.3) is 11.8 Å². The molecule has 4 N–H and O–H groups in total. The Morgan fingerprint density at radius 1 is 0.869 bits per heavy atom. The Hall–Kier alpha value is -7.11. The molecule has 1 unspecified atom stereocenters. The number of fused-ring (bicyclic) bond motifs is 2. The highest BCUT2D eigenvalue weighted by atomic mass is 16.3. The van der Waals surface area contributed by atoms with E-state index < -0.39 is 29.7 Å². The van der Waals surface area contributed by atoms with Crippen molar-refractivity contribution in [3.05, 3.63) is 90.3 Å². The van der Waals surface area contributed by atoms with Crippen LogP contribution in [-0.4, -0.2) is 110 Å². The third kappa shape index (κ3) is 9.07. The smallest absolute Gasteiger partial charge is 0.264 e. The van der Waals surface area contributed by atoms with Crippen LogP contribution in [-0.2, 0) is 25.7 Å². The molecule has 0 aliphatic carbocycles. The highest BCUT2D eigenvalue weighted by Crippen LogP contribution is 2.32. The molecule has 0 saturated carbocycles. The Kier molecular flexibility index (Phi) is 12.3. The monoisotopic (exact) mass is 829 g/mol. The fraction of sp³-hybridized carbons (Fsp3) is 0.372. The Morgan fingerprint density at radius 2 is 1.67 bits per heavy atom. The third-order valence-electron chi connectivity index (χ3n) is 11.3. The van der Waals surface area contributed by atoms with Crippen LogP contribution in [0, 0.1) is 0 Å². The lowest BCUT2D eigenvalue weighted by molar-refractivity contribution is -0.136. The van der Waals surface area contributed by atoms with Crippen LogP contribution in [0.15, 0.2) is 77.8 Å². The molecular weight excluding hydrogens is 783 g/mol. The second kappa shape index (κ2) is 18.4. The van der Waals surface area contributed by atoms with E-state index in [9.17, 15) is 28.8 Å². The maximum atomic E-state index is 13.3. The van der Waals surface area contributed by atoms with Crippen molar-refractivity contribution in [2.45, 2.75) is 64.0 Å². The van der Waals surface area contributed by atoms with Crippen molar-refractivity contribution in [1.29, 1.82) is 0 Å². The van der Waals surface area contributed by atoms with Crippen molar-refractivity contribution in [2.24, 2.45) is 0 Å². The average Bonchev–Trinajstić information content (AvgIpc) is 4.04. The molecule has 0 spiro atoms. The van der Waals surface area contributed by atoms with E-state index in [0.29, 0.717) is 43.9 Å². The highest BCUT2D eigenvalue weighted by Gasteiger charge is 2.45. The average molecular weight is 830 g/mol. The summed E-state index contributed by atoms with van der Waals surface area (Å²) in [5.74, 6) is -0.870. The van der Waals surface area contributed by atoms with Crippen LogP contribution in [0.3, 0.4) is 0 Å². The van der Waals surface area contributed by atoms with E-state index in [0.717, 1.165) is 78.6 Å². The van der Waals surface area contributed by atoms with Crippen LogP contribution in [0.1, 0.15) is 77.8 Å². The number of anilines is 3. The molecule has 1 atom stereocenters. The molecule has 5 aromatic rings. The van der Waals surface area contributed by atoms with Gasteiger partial charge in [0, 0.05) is 62.5 Å². The molecule has 6 heterocycles. The molecule has 8 rings (SSSR count). The van der Waals surface area contributed by atoms with Gasteiger partial charge in [-0.25, -0.2) is 4.98 Å². The first kappa shape index (κ1) is 40.7. The number of benzene rings is 2. The number of piperidine rings is 1. The van der Waals surface area contributed by atoms with Crippen molar-refractivity contribution in [1.82, 2.24) is 40.0 Å². The summed E-state index contributed by atoms with van der Waals surface area (Å²) in [6, 6.07) is 15.6. The number of furan rings is 1. The fourth-order valence-electron chi connectivity index (χ4n) is 8.01. The first-order valence-corrected chi connectivity index (χ1v) is 20.7. The molecule has 61 heavy (non-hydrogen) atoms. The first-order valence-electron chi connectivity index (χ1n) is 20.7. The number of nitrogens with one attached hydrogen (secondary N) is 4. The van der Waals surface area contributed by atoms with Crippen LogP contribution in [0.25, 0.3) is 16.9 Å². The summed E-state index contributed by atoms with van der Waals surface area (Å²) < 4.78 is 7.29. The molecule has 3 aliphatic rings. The van der Waals surface area contributed by atoms with Crippen LogP contribution in [0.5, 0.6) is 0 Å². The summed E-state index contributed by atoms with van der Waals surface area (Å²) in [5.41, 5.74) is 3.98. The van der Waals surface area contributed by atoms with Crippen molar-refractivity contribution >= 4 is 58.3 Å². The van der Waals surface area contributed by atoms with Gasteiger partial charge in [-0.05, 0) is 55.7 Å². The van der Waals surface area contributed by atoms with E-state index in [1.54, 1.807) is 30.9 Å². The van der Waals surface area contributed by atoms with Gasteiger partial charge in [0.15, 0.2) is 5.65 Å². The molecule has 18 heteroatoms. The number of amides is 6. The lowest BCUT2D eigenvalue weighted by Crippen LogP contribution is -2.54. The van der Waals surface area contributed by atoms with Crippen molar-refractivity contribution < 1.29 is 33.2 Å². The largest absolute Gasteiger partial charge is 0.467 e. The van der Waals surface area contributed by atoms with Crippen LogP contribution in [0.2, 0.25) is 0 Å². The van der Waals surface area contributed by atoms with Gasteiger partial charge >= 0.3 is 0 Å². The van der Waals surface area contributed by atoms with Gasteiger partial charge in [-0.2, -0.15) is 0 Å². The second-order valence-electron chi connectivity index (χ2n) is 15.3. The third-order valence-corrected chi connectivity index (χ3v) is 11.3. The number of carbonyl (C=O) groups is 6. The molecule has 6 amide bonds. The molecule has 3 aliphatic heterocycles. The Morgan fingerprint density at radius 3 is 2.46 bits per heavy atom. The van der Waals surface area contributed by atoms with Crippen LogP contribution < -0.4 is 26.2 Å². The van der Waals surface area contributed by atoms with Gasteiger partial charge < -0.3 is 30.2 Å². The standard InChI is InChI=1S/C43H47N11O7/c55-35-17-16-33(41(58)49-35)54-42(59)31-9-6-10-32(38(31)43(54)60)45-26-36(56)44-18-5-3-1-2-4-11-37(57)52-21-19-51(20-22-52)29-14-12-28(13-15-29)39-40-50-48-27-53(40)34(25-47-39)46-24-30-8-7-23-61-30/h6-10,12-15,23,25,27,33,45-46H,1-5,11,16-22,24,26H2,(H,44,56)(H,49,55,58). The molecule has 2 saturated heterocycles. The minimum Gasteiger partial charge on any atom is -0.467 e. The minimum atomic E-state index is -1.06. The Bertz CT molecular complexity index is 2420. The fourth-order valence-corrected chi connectivity index (χ4v) is 8.01. The van der Waals surface area contributed by atoms with Gasteiger partial charge in [-0.3, -0.25) is 43.4 Å².